The van der Waals surface area contributed by atoms with Crippen molar-refractivity contribution in [3.05, 3.63) is 28.2 Å². The van der Waals surface area contributed by atoms with Crippen molar-refractivity contribution in [3.8, 4) is 5.75 Å². The summed E-state index contributed by atoms with van der Waals surface area (Å²) in [6, 6.07) is 5.83. The van der Waals surface area contributed by atoms with Gasteiger partial charge in [0.2, 0.25) is 0 Å². The normalized spacial score (nSPS) is 19.1. The van der Waals surface area contributed by atoms with E-state index in [0.717, 1.165) is 28.6 Å². The van der Waals surface area contributed by atoms with Crippen molar-refractivity contribution >= 4 is 27.7 Å². The molecule has 0 saturated carbocycles. The summed E-state index contributed by atoms with van der Waals surface area (Å²) in [4.78, 5) is 0. The molecule has 1 aromatic carbocycles. The lowest BCUT2D eigenvalue weighted by Crippen LogP contribution is -2.24. The van der Waals surface area contributed by atoms with Crippen molar-refractivity contribution in [2.45, 2.75) is 24.4 Å². The highest BCUT2D eigenvalue weighted by molar-refractivity contribution is 9.10. The predicted octanol–water partition coefficient (Wildman–Crippen LogP) is 4.51. The molecule has 2 nitrogen and oxygen atoms in total. The Morgan fingerprint density at radius 3 is 2.95 bits per heavy atom. The highest BCUT2D eigenvalue weighted by atomic mass is 79.9. The van der Waals surface area contributed by atoms with E-state index >= 15 is 0 Å². The van der Waals surface area contributed by atoms with Crippen LogP contribution in [0.4, 0.5) is 13.2 Å². The second-order valence-electron chi connectivity index (χ2n) is 4.47. The van der Waals surface area contributed by atoms with Gasteiger partial charge in [-0.1, -0.05) is 22.0 Å². The molecule has 0 fully saturated rings. The molecule has 1 aliphatic heterocycles. The van der Waals surface area contributed by atoms with Gasteiger partial charge in [-0.25, -0.2) is 0 Å². The van der Waals surface area contributed by atoms with Gasteiger partial charge in [-0.3, -0.25) is 0 Å². The molecule has 0 radical (unpaired) electrons. The van der Waals surface area contributed by atoms with E-state index in [1.165, 1.54) is 0 Å². The molecule has 112 valence electrons. The Bertz CT molecular complexity index is 456. The SMILES string of the molecule is FC(F)(F)SCCNC1CCCOc2cc(Br)ccc21. The Hall–Kier alpha value is -0.400. The summed E-state index contributed by atoms with van der Waals surface area (Å²) >= 11 is 3.40. The number of nitrogens with one attached hydrogen (secondary N) is 1. The Morgan fingerprint density at radius 2 is 2.20 bits per heavy atom. The molecule has 0 aliphatic carbocycles. The molecule has 1 unspecified atom stereocenters. The number of benzene rings is 1. The lowest BCUT2D eigenvalue weighted by molar-refractivity contribution is -0.0327. The first kappa shape index (κ1) is 16.0. The molecule has 2 rings (SSSR count). The van der Waals surface area contributed by atoms with Gasteiger partial charge >= 0.3 is 5.51 Å². The van der Waals surface area contributed by atoms with Crippen LogP contribution in [0.2, 0.25) is 0 Å². The summed E-state index contributed by atoms with van der Waals surface area (Å²) in [7, 11) is 0. The maximum Gasteiger partial charge on any atom is 0.441 e. The molecule has 0 amide bonds. The van der Waals surface area contributed by atoms with Crippen LogP contribution in [0.15, 0.2) is 22.7 Å². The smallest absolute Gasteiger partial charge is 0.441 e. The van der Waals surface area contributed by atoms with E-state index in [-0.39, 0.29) is 23.6 Å². The van der Waals surface area contributed by atoms with E-state index in [4.69, 9.17) is 4.74 Å². The van der Waals surface area contributed by atoms with Crippen LogP contribution in [-0.2, 0) is 0 Å². The minimum absolute atomic E-state index is 0.00986. The molecular weight excluding hydrogens is 355 g/mol. The molecule has 0 spiro atoms. The van der Waals surface area contributed by atoms with Gasteiger partial charge in [-0.2, -0.15) is 13.2 Å². The first-order chi connectivity index (χ1) is 9.46. The van der Waals surface area contributed by atoms with Crippen molar-refractivity contribution < 1.29 is 17.9 Å². The van der Waals surface area contributed by atoms with Crippen molar-refractivity contribution in [2.24, 2.45) is 0 Å². The topological polar surface area (TPSA) is 21.3 Å². The zero-order valence-electron chi connectivity index (χ0n) is 10.7. The molecule has 0 aromatic heterocycles. The number of fused-ring (bicyclic) bond motifs is 1. The highest BCUT2D eigenvalue weighted by Gasteiger charge is 2.27. The molecule has 0 bridgehead atoms. The number of thioether (sulfide) groups is 1. The Kier molecular flexibility index (Phi) is 5.63. The van der Waals surface area contributed by atoms with Crippen LogP contribution < -0.4 is 10.1 Å². The quantitative estimate of drug-likeness (QED) is 0.789. The first-order valence-corrected chi connectivity index (χ1v) is 8.10. The minimum Gasteiger partial charge on any atom is -0.493 e. The zero-order chi connectivity index (χ0) is 14.6. The van der Waals surface area contributed by atoms with Crippen LogP contribution in [0.5, 0.6) is 5.75 Å². The summed E-state index contributed by atoms with van der Waals surface area (Å²) in [5.74, 6) is 0.824. The average molecular weight is 370 g/mol. The van der Waals surface area contributed by atoms with Crippen LogP contribution in [-0.4, -0.2) is 24.4 Å². The van der Waals surface area contributed by atoms with Gasteiger partial charge in [-0.05, 0) is 36.7 Å². The third-order valence-corrected chi connectivity index (χ3v) is 4.23. The van der Waals surface area contributed by atoms with E-state index in [9.17, 15) is 13.2 Å². The second-order valence-corrected chi connectivity index (χ2v) is 6.55. The lowest BCUT2D eigenvalue weighted by atomic mass is 10.0. The summed E-state index contributed by atoms with van der Waals surface area (Å²) in [5.41, 5.74) is -3.14. The average Bonchev–Trinajstić information content (AvgIpc) is 2.55. The number of rotatable bonds is 4. The first-order valence-electron chi connectivity index (χ1n) is 6.32. The molecule has 0 saturated heterocycles. The van der Waals surface area contributed by atoms with Crippen molar-refractivity contribution in [3.63, 3.8) is 0 Å². The third kappa shape index (κ3) is 4.86. The van der Waals surface area contributed by atoms with Crippen LogP contribution in [0.3, 0.4) is 0 Å². The fourth-order valence-corrected chi connectivity index (χ4v) is 2.95. The number of alkyl halides is 3. The van der Waals surface area contributed by atoms with E-state index in [1.807, 2.05) is 18.2 Å². The van der Waals surface area contributed by atoms with E-state index in [1.54, 1.807) is 0 Å². The minimum atomic E-state index is -4.16. The molecule has 20 heavy (non-hydrogen) atoms. The van der Waals surface area contributed by atoms with Gasteiger partial charge in [0.15, 0.2) is 0 Å². The van der Waals surface area contributed by atoms with Crippen molar-refractivity contribution in [1.82, 2.24) is 5.32 Å². The predicted molar refractivity (Wildman–Crippen MR) is 78.1 cm³/mol. The Morgan fingerprint density at radius 1 is 1.40 bits per heavy atom. The van der Waals surface area contributed by atoms with Gasteiger partial charge in [-0.15, -0.1) is 0 Å². The van der Waals surface area contributed by atoms with Crippen molar-refractivity contribution in [1.29, 1.82) is 0 Å². The maximum atomic E-state index is 12.1. The number of hydrogen-bond acceptors (Lipinski definition) is 3. The zero-order valence-corrected chi connectivity index (χ0v) is 13.1. The molecule has 1 N–H and O–H groups in total. The second kappa shape index (κ2) is 7.04. The van der Waals surface area contributed by atoms with Crippen LogP contribution in [0.25, 0.3) is 0 Å². The van der Waals surface area contributed by atoms with Crippen LogP contribution in [0, 0.1) is 0 Å². The summed E-state index contributed by atoms with van der Waals surface area (Å²) in [5, 5.41) is 3.19. The van der Waals surface area contributed by atoms with E-state index in [0.29, 0.717) is 13.2 Å². The molecule has 1 aromatic rings. The number of ether oxygens (including phenoxy) is 1. The summed E-state index contributed by atoms with van der Waals surface area (Å²) < 4.78 is 42.8. The van der Waals surface area contributed by atoms with E-state index < -0.39 is 5.51 Å². The number of hydrogen-bond donors (Lipinski definition) is 1. The fourth-order valence-electron chi connectivity index (χ4n) is 2.16. The molecule has 7 heteroatoms. The van der Waals surface area contributed by atoms with Crippen LogP contribution >= 0.6 is 27.7 Å². The highest BCUT2D eigenvalue weighted by Crippen LogP contribution is 2.34. The van der Waals surface area contributed by atoms with Gasteiger partial charge in [0.1, 0.15) is 5.75 Å². The monoisotopic (exact) mass is 369 g/mol. The third-order valence-electron chi connectivity index (χ3n) is 3.00. The Labute approximate surface area is 128 Å². The largest absolute Gasteiger partial charge is 0.493 e. The van der Waals surface area contributed by atoms with E-state index in [2.05, 4.69) is 21.2 Å². The molecule has 1 atom stereocenters. The molecular formula is C13H15BrF3NOS. The van der Waals surface area contributed by atoms with Gasteiger partial charge < -0.3 is 10.1 Å². The van der Waals surface area contributed by atoms with Gasteiger partial charge in [0.25, 0.3) is 0 Å². The summed E-state index contributed by atoms with van der Waals surface area (Å²) in [6.45, 7) is 0.962. The number of halogens is 4. The maximum absolute atomic E-state index is 12.1. The Balaban J connectivity index is 1.95. The molecule has 1 aliphatic rings. The standard InChI is InChI=1S/C13H15BrF3NOS/c14-9-3-4-10-11(2-1-6-19-12(10)8-9)18-5-7-20-13(15,16)17/h3-4,8,11,18H,1-2,5-7H2. The molecule has 1 heterocycles. The fraction of sp³-hybridized carbons (Fsp3) is 0.538. The lowest BCUT2D eigenvalue weighted by Gasteiger charge is -2.18. The van der Waals surface area contributed by atoms with Crippen molar-refractivity contribution in [2.75, 3.05) is 18.9 Å². The summed E-state index contributed by atoms with van der Waals surface area (Å²) in [6.07, 6.45) is 1.75. The van der Waals surface area contributed by atoms with Crippen LogP contribution in [0.1, 0.15) is 24.4 Å². The van der Waals surface area contributed by atoms with Gasteiger partial charge in [0, 0.05) is 28.4 Å². The van der Waals surface area contributed by atoms with Gasteiger partial charge in [0.05, 0.1) is 6.61 Å².